The number of hydrogen-bond donors (Lipinski definition) is 3. The molecule has 2 aromatic rings. The molecular weight excluding hydrogens is 329 g/mol. The van der Waals surface area contributed by atoms with Crippen LogP contribution in [0.25, 0.3) is 0 Å². The summed E-state index contributed by atoms with van der Waals surface area (Å²) >= 11 is -3.37. The van der Waals surface area contributed by atoms with E-state index in [0.29, 0.717) is 16.7 Å². The van der Waals surface area contributed by atoms with Crippen LogP contribution >= 0.6 is 11.8 Å². The summed E-state index contributed by atoms with van der Waals surface area (Å²) in [6, 6.07) is 7.77. The fraction of sp³-hybridized carbons (Fsp3) is 0.0909. The van der Waals surface area contributed by atoms with Crippen molar-refractivity contribution >= 4 is 41.8 Å². The molecule has 2 rings (SSSR count). The Labute approximate surface area is 117 Å². The molecule has 0 fully saturated rings. The number of rotatable bonds is 4. The molecule has 0 radical (unpaired) electrons. The molecular formula is C11H12AsN3O3S. The minimum absolute atomic E-state index is 0.0520. The molecule has 0 spiro atoms. The summed E-state index contributed by atoms with van der Waals surface area (Å²) in [7, 11) is 0. The predicted molar refractivity (Wildman–Crippen MR) is 74.0 cm³/mol. The first kappa shape index (κ1) is 14.1. The van der Waals surface area contributed by atoms with Gasteiger partial charge in [0.2, 0.25) is 0 Å². The van der Waals surface area contributed by atoms with E-state index in [-0.39, 0.29) is 4.35 Å². The number of thioether (sulfide) groups is 1. The molecule has 8 heteroatoms. The van der Waals surface area contributed by atoms with Gasteiger partial charge in [-0.05, 0) is 0 Å². The molecule has 1 heterocycles. The molecule has 0 saturated heterocycles. The Morgan fingerprint density at radius 2 is 1.89 bits per heavy atom. The number of nitrogens with zero attached hydrogens (tertiary/aromatic N) is 2. The summed E-state index contributed by atoms with van der Waals surface area (Å²) < 4.78 is 29.3. The van der Waals surface area contributed by atoms with Gasteiger partial charge in [0, 0.05) is 0 Å². The molecule has 0 saturated carbocycles. The van der Waals surface area contributed by atoms with Crippen LogP contribution < -0.4 is 9.67 Å². The van der Waals surface area contributed by atoms with Gasteiger partial charge in [-0.25, -0.2) is 0 Å². The van der Waals surface area contributed by atoms with Crippen molar-refractivity contribution in [1.29, 1.82) is 0 Å². The molecule has 0 amide bonds. The molecule has 0 aliphatic heterocycles. The van der Waals surface area contributed by atoms with Gasteiger partial charge in [0.1, 0.15) is 0 Å². The van der Waals surface area contributed by atoms with Crippen LogP contribution in [0, 0.1) is 0 Å². The Bertz CT molecular complexity index is 615. The third kappa shape index (κ3) is 3.84. The van der Waals surface area contributed by atoms with E-state index in [2.05, 4.69) is 15.3 Å². The van der Waals surface area contributed by atoms with Crippen LogP contribution in [-0.4, -0.2) is 38.6 Å². The van der Waals surface area contributed by atoms with Gasteiger partial charge in [0.25, 0.3) is 0 Å². The zero-order valence-electron chi connectivity index (χ0n) is 10.0. The van der Waals surface area contributed by atoms with Crippen molar-refractivity contribution in [2.75, 3.05) is 11.6 Å². The van der Waals surface area contributed by atoms with Crippen LogP contribution in [-0.2, 0) is 3.74 Å². The van der Waals surface area contributed by atoms with Crippen LogP contribution in [0.5, 0.6) is 0 Å². The first-order chi connectivity index (χ1) is 8.99. The van der Waals surface area contributed by atoms with Gasteiger partial charge in [-0.2, -0.15) is 0 Å². The van der Waals surface area contributed by atoms with Gasteiger partial charge in [0.15, 0.2) is 0 Å². The molecule has 0 atom stereocenters. The third-order valence-electron chi connectivity index (χ3n) is 2.29. The van der Waals surface area contributed by atoms with E-state index in [0.717, 1.165) is 0 Å². The van der Waals surface area contributed by atoms with Crippen molar-refractivity contribution in [3.63, 3.8) is 0 Å². The Balaban J connectivity index is 2.17. The third-order valence-corrected chi connectivity index (χ3v) is 4.89. The molecule has 1 aromatic carbocycles. The zero-order valence-corrected chi connectivity index (χ0v) is 12.7. The Morgan fingerprint density at radius 3 is 2.47 bits per heavy atom. The maximum atomic E-state index is 11.1. The van der Waals surface area contributed by atoms with Crippen LogP contribution in [0.15, 0.2) is 41.7 Å². The van der Waals surface area contributed by atoms with E-state index >= 15 is 0 Å². The average molecular weight is 341 g/mol. The van der Waals surface area contributed by atoms with Gasteiger partial charge in [-0.3, -0.25) is 0 Å². The number of benzene rings is 1. The topological polar surface area (TPSA) is 95.3 Å². The quantitative estimate of drug-likeness (QED) is 0.423. The Hall–Kier alpha value is -1.27. The summed E-state index contributed by atoms with van der Waals surface area (Å²) in [5.74, 6) is 0.633. The van der Waals surface area contributed by atoms with E-state index in [4.69, 9.17) is 8.19 Å². The monoisotopic (exact) mass is 341 g/mol. The standard InChI is InChI=1S/C11H12AsN3O3S/c1-19-11-13-7-6-10(15-11)14-9-4-2-8(3-5-9)12(16,17)18/h2-7H,1H3,(H,13,14,15)(H2,16,17,18). The second-order valence-electron chi connectivity index (χ2n) is 3.64. The normalized spacial score (nSPS) is 11.3. The number of aromatic nitrogens is 2. The van der Waals surface area contributed by atoms with Crippen molar-refractivity contribution in [2.24, 2.45) is 0 Å². The van der Waals surface area contributed by atoms with Gasteiger partial charge in [-0.1, -0.05) is 0 Å². The summed E-state index contributed by atoms with van der Waals surface area (Å²) in [4.78, 5) is 8.31. The van der Waals surface area contributed by atoms with Crippen LogP contribution in [0.1, 0.15) is 0 Å². The molecule has 100 valence electrons. The molecule has 1 aromatic heterocycles. The Morgan fingerprint density at radius 1 is 1.21 bits per heavy atom. The van der Waals surface area contributed by atoms with Crippen LogP contribution in [0.4, 0.5) is 11.5 Å². The molecule has 6 nitrogen and oxygen atoms in total. The second-order valence-corrected chi connectivity index (χ2v) is 7.78. The first-order valence-corrected chi connectivity index (χ1v) is 9.90. The molecule has 3 N–H and O–H groups in total. The number of hydrogen-bond acceptors (Lipinski definition) is 5. The fourth-order valence-electron chi connectivity index (χ4n) is 1.40. The van der Waals surface area contributed by atoms with Crippen LogP contribution in [0.3, 0.4) is 0 Å². The Kier molecular flexibility index (Phi) is 4.31. The molecule has 0 bridgehead atoms. The number of anilines is 2. The van der Waals surface area contributed by atoms with Crippen molar-refractivity contribution in [2.45, 2.75) is 5.16 Å². The van der Waals surface area contributed by atoms with Crippen LogP contribution in [0.2, 0.25) is 0 Å². The molecule has 19 heavy (non-hydrogen) atoms. The first-order valence-electron chi connectivity index (χ1n) is 5.29. The summed E-state index contributed by atoms with van der Waals surface area (Å²) in [5.41, 5.74) is 0.707. The molecule has 0 aliphatic carbocycles. The van der Waals surface area contributed by atoms with Gasteiger partial charge in [-0.15, -0.1) is 0 Å². The van der Waals surface area contributed by atoms with Crippen molar-refractivity contribution < 1.29 is 11.9 Å². The predicted octanol–water partition coefficient (Wildman–Crippen LogP) is 0.503. The fourth-order valence-corrected chi connectivity index (χ4v) is 2.88. The second kappa shape index (κ2) is 5.79. The van der Waals surface area contributed by atoms with Crippen molar-refractivity contribution in [1.82, 2.24) is 9.97 Å². The van der Waals surface area contributed by atoms with Gasteiger partial charge in [0.05, 0.1) is 0 Å². The molecule has 0 aliphatic rings. The SMILES string of the molecule is CSc1nccc(Nc2ccc([As](=O)(O)O)cc2)n1. The van der Waals surface area contributed by atoms with Gasteiger partial charge < -0.3 is 0 Å². The number of nitrogens with one attached hydrogen (secondary N) is 1. The minimum atomic E-state index is -4.80. The van der Waals surface area contributed by atoms with E-state index in [9.17, 15) is 3.74 Å². The van der Waals surface area contributed by atoms with E-state index in [1.807, 2.05) is 6.26 Å². The van der Waals surface area contributed by atoms with Gasteiger partial charge >= 0.3 is 117 Å². The summed E-state index contributed by atoms with van der Waals surface area (Å²) in [6.07, 6.45) is 3.53. The summed E-state index contributed by atoms with van der Waals surface area (Å²) in [6.45, 7) is 0. The van der Waals surface area contributed by atoms with E-state index < -0.39 is 14.2 Å². The van der Waals surface area contributed by atoms with E-state index in [1.165, 1.54) is 23.9 Å². The van der Waals surface area contributed by atoms with Crippen molar-refractivity contribution in [3.8, 4) is 0 Å². The molecule has 0 unspecified atom stereocenters. The maximum absolute atomic E-state index is 11.1. The summed E-state index contributed by atoms with van der Waals surface area (Å²) in [5, 5.41) is 3.70. The van der Waals surface area contributed by atoms with Crippen molar-refractivity contribution in [3.05, 3.63) is 36.5 Å². The van der Waals surface area contributed by atoms with E-state index in [1.54, 1.807) is 24.4 Å². The average Bonchev–Trinajstić information content (AvgIpc) is 2.38. The zero-order chi connectivity index (χ0) is 13.9.